The largest absolute Gasteiger partial charge is 0.296 e. The molecule has 6 rings (SSSR count). The maximum absolute atomic E-state index is 5.79. The van der Waals surface area contributed by atoms with Crippen LogP contribution in [-0.2, 0) is 13.2 Å². The lowest BCUT2D eigenvalue weighted by molar-refractivity contribution is -0.0669. The molecule has 2 aromatic rings. The molecular formula is C22H29N5S. The van der Waals surface area contributed by atoms with Crippen LogP contribution in [0.2, 0.25) is 0 Å². The van der Waals surface area contributed by atoms with Gasteiger partial charge in [0.25, 0.3) is 0 Å². The van der Waals surface area contributed by atoms with Gasteiger partial charge in [-0.05, 0) is 87.2 Å². The van der Waals surface area contributed by atoms with Crippen molar-refractivity contribution in [1.82, 2.24) is 24.2 Å². The Bertz CT molecular complexity index is 887. The van der Waals surface area contributed by atoms with Crippen molar-refractivity contribution in [2.75, 3.05) is 7.05 Å². The zero-order valence-electron chi connectivity index (χ0n) is 16.6. The van der Waals surface area contributed by atoms with Crippen LogP contribution in [0.1, 0.15) is 32.1 Å². The molecule has 4 aliphatic carbocycles. The molecule has 0 saturated heterocycles. The summed E-state index contributed by atoms with van der Waals surface area (Å²) in [5, 5.41) is 4.90. The minimum absolute atomic E-state index is 0.658. The molecule has 6 heteroatoms. The second-order valence-electron chi connectivity index (χ2n) is 9.07. The molecule has 4 aliphatic rings. The Morgan fingerprint density at radius 3 is 2.54 bits per heavy atom. The van der Waals surface area contributed by atoms with Crippen molar-refractivity contribution in [3.63, 3.8) is 0 Å². The molecular weight excluding hydrogens is 366 g/mol. The molecule has 28 heavy (non-hydrogen) atoms. The molecule has 0 radical (unpaired) electrons. The Labute approximate surface area is 172 Å². The first-order valence-corrected chi connectivity index (χ1v) is 10.9. The van der Waals surface area contributed by atoms with Crippen LogP contribution in [0, 0.1) is 28.4 Å². The van der Waals surface area contributed by atoms with E-state index in [4.69, 9.17) is 17.3 Å². The van der Waals surface area contributed by atoms with E-state index in [1.807, 2.05) is 29.1 Å². The number of hydrogen-bond acceptors (Lipinski definition) is 4. The average Bonchev–Trinajstić information content (AvgIpc) is 2.98. The highest BCUT2D eigenvalue weighted by Gasteiger charge is 2.49. The number of aromatic nitrogens is 4. The highest BCUT2D eigenvalue weighted by atomic mass is 32.1. The van der Waals surface area contributed by atoms with Gasteiger partial charge in [-0.3, -0.25) is 14.5 Å². The highest BCUT2D eigenvalue weighted by molar-refractivity contribution is 7.71. The molecule has 0 spiro atoms. The molecule has 4 bridgehead atoms. The minimum Gasteiger partial charge on any atom is -0.296 e. The zero-order valence-corrected chi connectivity index (χ0v) is 17.4. The number of hydrogen-bond donors (Lipinski definition) is 0. The van der Waals surface area contributed by atoms with E-state index in [0.717, 1.165) is 46.5 Å². The topological polar surface area (TPSA) is 38.9 Å². The molecule has 0 N–H and O–H groups in total. The predicted molar refractivity (Wildman–Crippen MR) is 113 cm³/mol. The van der Waals surface area contributed by atoms with Crippen molar-refractivity contribution in [1.29, 1.82) is 0 Å². The lowest BCUT2D eigenvalue weighted by atomic mass is 9.54. The van der Waals surface area contributed by atoms with Gasteiger partial charge >= 0.3 is 0 Å². The Hall–Kier alpha value is -1.79. The number of pyridine rings is 1. The Morgan fingerprint density at radius 2 is 1.93 bits per heavy atom. The second-order valence-corrected chi connectivity index (χ2v) is 9.43. The van der Waals surface area contributed by atoms with Crippen molar-refractivity contribution in [3.05, 3.63) is 42.0 Å². The number of allylic oxidation sites excluding steroid dienone is 1. The van der Waals surface area contributed by atoms with Gasteiger partial charge in [0.05, 0.1) is 6.67 Å². The summed E-state index contributed by atoms with van der Waals surface area (Å²) in [6.45, 7) is 5.31. The van der Waals surface area contributed by atoms with Crippen molar-refractivity contribution in [2.45, 2.75) is 51.4 Å². The van der Waals surface area contributed by atoms with Gasteiger partial charge in [0.2, 0.25) is 0 Å². The minimum atomic E-state index is 0.658. The summed E-state index contributed by atoms with van der Waals surface area (Å²) in [6.07, 6.45) is 12.7. The fourth-order valence-corrected chi connectivity index (χ4v) is 6.72. The van der Waals surface area contributed by atoms with E-state index in [2.05, 4.69) is 28.1 Å². The van der Waals surface area contributed by atoms with Crippen molar-refractivity contribution >= 4 is 12.2 Å². The van der Waals surface area contributed by atoms with Crippen molar-refractivity contribution in [2.24, 2.45) is 23.7 Å². The van der Waals surface area contributed by atoms with Crippen LogP contribution < -0.4 is 0 Å². The monoisotopic (exact) mass is 395 g/mol. The second kappa shape index (κ2) is 7.23. The molecule has 0 amide bonds. The summed E-state index contributed by atoms with van der Waals surface area (Å²) in [5.41, 5.74) is 0.992. The Morgan fingerprint density at radius 1 is 1.21 bits per heavy atom. The van der Waals surface area contributed by atoms with Crippen LogP contribution in [0.15, 0.2) is 37.2 Å². The SMILES string of the molecule is C=CCn1c(-c2cccnc2)nn(CN(C)C2C3CC4CC(C3)CC2C4)c1=S. The summed E-state index contributed by atoms with van der Waals surface area (Å²) in [5.74, 6) is 4.60. The third kappa shape index (κ3) is 3.07. The van der Waals surface area contributed by atoms with Gasteiger partial charge in [-0.15, -0.1) is 6.58 Å². The summed E-state index contributed by atoms with van der Waals surface area (Å²) in [6, 6.07) is 4.66. The first kappa shape index (κ1) is 18.3. The van der Waals surface area contributed by atoms with Gasteiger partial charge in [-0.2, -0.15) is 5.10 Å². The maximum Gasteiger partial charge on any atom is 0.199 e. The third-order valence-corrected chi connectivity index (χ3v) is 7.63. The normalized spacial score (nSPS) is 30.9. The van der Waals surface area contributed by atoms with Gasteiger partial charge in [-0.25, -0.2) is 4.68 Å². The Kier molecular flexibility index (Phi) is 4.71. The van der Waals surface area contributed by atoms with Crippen LogP contribution in [0.5, 0.6) is 0 Å². The molecule has 5 nitrogen and oxygen atoms in total. The van der Waals surface area contributed by atoms with Gasteiger partial charge in [0, 0.05) is 30.5 Å². The van der Waals surface area contributed by atoms with Crippen LogP contribution in [0.3, 0.4) is 0 Å². The van der Waals surface area contributed by atoms with E-state index in [1.165, 1.54) is 32.1 Å². The first-order chi connectivity index (χ1) is 13.6. The summed E-state index contributed by atoms with van der Waals surface area (Å²) in [7, 11) is 2.27. The quantitative estimate of drug-likeness (QED) is 0.538. The van der Waals surface area contributed by atoms with E-state index in [0.29, 0.717) is 12.6 Å². The third-order valence-electron chi connectivity index (χ3n) is 7.20. The molecule has 4 saturated carbocycles. The summed E-state index contributed by atoms with van der Waals surface area (Å²) >= 11 is 5.79. The van der Waals surface area contributed by atoms with Crippen LogP contribution in [0.4, 0.5) is 0 Å². The standard InChI is InChI=1S/C22H29N5S/c1-3-7-26-21(17-5-4-6-23-13-17)24-27(22(26)28)14-25(2)20-18-9-15-8-16(11-18)12-19(20)10-15/h3-6,13,15-16,18-20H,1,7-12,14H2,2H3. The summed E-state index contributed by atoms with van der Waals surface area (Å²) < 4.78 is 4.81. The highest BCUT2D eigenvalue weighted by Crippen LogP contribution is 2.55. The predicted octanol–water partition coefficient (Wildman–Crippen LogP) is 4.38. The lowest BCUT2D eigenvalue weighted by Crippen LogP contribution is -2.55. The smallest absolute Gasteiger partial charge is 0.199 e. The fraction of sp³-hybridized carbons (Fsp3) is 0.591. The van der Waals surface area contributed by atoms with E-state index < -0.39 is 0 Å². The molecule has 2 aromatic heterocycles. The van der Waals surface area contributed by atoms with Crippen molar-refractivity contribution < 1.29 is 0 Å². The maximum atomic E-state index is 5.79. The van der Waals surface area contributed by atoms with Gasteiger partial charge < -0.3 is 0 Å². The van der Waals surface area contributed by atoms with Crippen molar-refractivity contribution in [3.8, 4) is 11.4 Å². The molecule has 0 atom stereocenters. The van der Waals surface area contributed by atoms with Crippen LogP contribution in [-0.4, -0.2) is 37.3 Å². The summed E-state index contributed by atoms with van der Waals surface area (Å²) in [4.78, 5) is 6.78. The van der Waals surface area contributed by atoms with Gasteiger partial charge in [0.15, 0.2) is 10.6 Å². The fourth-order valence-electron chi connectivity index (χ4n) is 6.46. The molecule has 0 aliphatic heterocycles. The Balaban J connectivity index is 1.42. The van der Waals surface area contributed by atoms with E-state index >= 15 is 0 Å². The average molecular weight is 396 g/mol. The first-order valence-electron chi connectivity index (χ1n) is 10.5. The number of rotatable bonds is 6. The van der Waals surface area contributed by atoms with E-state index in [-0.39, 0.29) is 0 Å². The van der Waals surface area contributed by atoms with E-state index in [9.17, 15) is 0 Å². The lowest BCUT2D eigenvalue weighted by Gasteiger charge is -2.56. The molecule has 0 unspecified atom stereocenters. The molecule has 0 aromatic carbocycles. The molecule has 2 heterocycles. The van der Waals surface area contributed by atoms with Gasteiger partial charge in [-0.1, -0.05) is 6.08 Å². The zero-order chi connectivity index (χ0) is 19.3. The number of nitrogens with zero attached hydrogens (tertiary/aromatic N) is 5. The molecule has 148 valence electrons. The molecule has 4 fully saturated rings. The van der Waals surface area contributed by atoms with Crippen LogP contribution in [0.25, 0.3) is 11.4 Å². The van der Waals surface area contributed by atoms with Crippen LogP contribution >= 0.6 is 12.2 Å². The van der Waals surface area contributed by atoms with Gasteiger partial charge in [0.1, 0.15) is 0 Å². The van der Waals surface area contributed by atoms with E-state index in [1.54, 1.807) is 6.20 Å².